The highest BCUT2D eigenvalue weighted by atomic mass is 35.5. The topological polar surface area (TPSA) is 41.3 Å². The third kappa shape index (κ3) is 2.86. The monoisotopic (exact) mass is 311 g/mol. The number of nitrogens with zero attached hydrogens (tertiary/aromatic N) is 3. The van der Waals surface area contributed by atoms with Crippen LogP contribution in [0, 0.1) is 12.8 Å². The van der Waals surface area contributed by atoms with E-state index in [1.807, 2.05) is 11.6 Å². The van der Waals surface area contributed by atoms with Crippen molar-refractivity contribution in [2.45, 2.75) is 71.2 Å². The smallest absolute Gasteiger partial charge is 0.0860 e. The zero-order valence-corrected chi connectivity index (χ0v) is 13.8. The van der Waals surface area contributed by atoms with Gasteiger partial charge in [-0.05, 0) is 46.1 Å². The van der Waals surface area contributed by atoms with E-state index in [2.05, 4.69) is 16.9 Å². The lowest BCUT2D eigenvalue weighted by atomic mass is 9.94. The standard InChI is InChI=1S/C16H26ClN3O/c1-3-20-14(16(17)11(2)18-20)10-19-9-5-7-13(19)12-6-4-8-15(12)21/h12-13,15,21H,3-10H2,1-2H3. The van der Waals surface area contributed by atoms with Crippen molar-refractivity contribution in [1.82, 2.24) is 14.7 Å². The summed E-state index contributed by atoms with van der Waals surface area (Å²) in [6, 6.07) is 0.513. The number of rotatable bonds is 4. The predicted octanol–water partition coefficient (Wildman–Crippen LogP) is 2.99. The normalized spacial score (nSPS) is 30.4. The molecule has 1 aliphatic heterocycles. The molecule has 1 aliphatic carbocycles. The Morgan fingerprint density at radius 1 is 1.29 bits per heavy atom. The van der Waals surface area contributed by atoms with Crippen molar-refractivity contribution in [3.05, 3.63) is 16.4 Å². The fraction of sp³-hybridized carbons (Fsp3) is 0.812. The third-order valence-electron chi connectivity index (χ3n) is 5.25. The van der Waals surface area contributed by atoms with Gasteiger partial charge in [0.2, 0.25) is 0 Å². The Bertz CT molecular complexity index is 502. The molecule has 0 amide bonds. The number of halogens is 1. The largest absolute Gasteiger partial charge is 0.393 e. The third-order valence-corrected chi connectivity index (χ3v) is 5.74. The van der Waals surface area contributed by atoms with E-state index in [4.69, 9.17) is 11.6 Å². The Kier molecular flexibility index (Phi) is 4.57. The Morgan fingerprint density at radius 2 is 2.10 bits per heavy atom. The molecule has 1 aromatic rings. The molecule has 5 heteroatoms. The van der Waals surface area contributed by atoms with Gasteiger partial charge in [0.15, 0.2) is 0 Å². The predicted molar refractivity (Wildman–Crippen MR) is 84.4 cm³/mol. The lowest BCUT2D eigenvalue weighted by molar-refractivity contribution is 0.0709. The molecule has 2 fully saturated rings. The summed E-state index contributed by atoms with van der Waals surface area (Å²) in [7, 11) is 0. The van der Waals surface area contributed by atoms with Crippen LogP contribution in [0.1, 0.15) is 50.4 Å². The van der Waals surface area contributed by atoms with Gasteiger partial charge in [0.05, 0.1) is 22.5 Å². The highest BCUT2D eigenvalue weighted by Crippen LogP contribution is 2.37. The minimum absolute atomic E-state index is 0.108. The molecule has 3 unspecified atom stereocenters. The molecule has 0 spiro atoms. The second-order valence-corrected chi connectivity index (χ2v) is 6.88. The summed E-state index contributed by atoms with van der Waals surface area (Å²) >= 11 is 6.45. The van der Waals surface area contributed by atoms with E-state index in [0.717, 1.165) is 42.5 Å². The Hall–Kier alpha value is -0.580. The van der Waals surface area contributed by atoms with Crippen LogP contribution >= 0.6 is 11.6 Å². The van der Waals surface area contributed by atoms with Gasteiger partial charge in [-0.1, -0.05) is 18.0 Å². The van der Waals surface area contributed by atoms with Gasteiger partial charge in [-0.15, -0.1) is 0 Å². The maximum absolute atomic E-state index is 10.2. The highest BCUT2D eigenvalue weighted by Gasteiger charge is 2.38. The molecule has 4 nitrogen and oxygen atoms in total. The quantitative estimate of drug-likeness (QED) is 0.929. The first-order valence-electron chi connectivity index (χ1n) is 8.25. The summed E-state index contributed by atoms with van der Waals surface area (Å²) in [5.74, 6) is 0.449. The summed E-state index contributed by atoms with van der Waals surface area (Å²) in [6.45, 7) is 6.90. The second-order valence-electron chi connectivity index (χ2n) is 6.50. The van der Waals surface area contributed by atoms with Crippen LogP contribution < -0.4 is 0 Å². The molecule has 1 saturated heterocycles. The van der Waals surface area contributed by atoms with Gasteiger partial charge < -0.3 is 5.11 Å². The molecule has 3 rings (SSSR count). The molecule has 0 aromatic carbocycles. The minimum atomic E-state index is -0.108. The maximum Gasteiger partial charge on any atom is 0.0860 e. The lowest BCUT2D eigenvalue weighted by Gasteiger charge is -2.31. The van der Waals surface area contributed by atoms with Gasteiger partial charge in [0.1, 0.15) is 0 Å². The van der Waals surface area contributed by atoms with Gasteiger partial charge >= 0.3 is 0 Å². The molecule has 0 bridgehead atoms. The summed E-state index contributed by atoms with van der Waals surface area (Å²) in [6.07, 6.45) is 5.64. The van der Waals surface area contributed by atoms with Crippen LogP contribution in [-0.4, -0.2) is 38.5 Å². The summed E-state index contributed by atoms with van der Waals surface area (Å²) < 4.78 is 2.03. The molecule has 3 atom stereocenters. The van der Waals surface area contributed by atoms with Gasteiger partial charge in [-0.2, -0.15) is 5.10 Å². The van der Waals surface area contributed by atoms with Crippen molar-refractivity contribution in [2.75, 3.05) is 6.54 Å². The van der Waals surface area contributed by atoms with Crippen LogP contribution in [-0.2, 0) is 13.1 Å². The maximum atomic E-state index is 10.2. The van der Waals surface area contributed by atoms with E-state index in [0.29, 0.717) is 12.0 Å². The number of aliphatic hydroxyl groups is 1. The number of hydrogen-bond donors (Lipinski definition) is 1. The molecular formula is C16H26ClN3O. The second kappa shape index (κ2) is 6.27. The lowest BCUT2D eigenvalue weighted by Crippen LogP contribution is -2.39. The van der Waals surface area contributed by atoms with Crippen molar-refractivity contribution < 1.29 is 5.11 Å². The highest BCUT2D eigenvalue weighted by molar-refractivity contribution is 6.31. The average Bonchev–Trinajstić information content (AvgIpc) is 3.15. The molecule has 21 heavy (non-hydrogen) atoms. The van der Waals surface area contributed by atoms with Crippen molar-refractivity contribution in [3.63, 3.8) is 0 Å². The zero-order chi connectivity index (χ0) is 15.0. The van der Waals surface area contributed by atoms with Crippen molar-refractivity contribution >= 4 is 11.6 Å². The summed E-state index contributed by atoms with van der Waals surface area (Å²) in [4.78, 5) is 2.52. The average molecular weight is 312 g/mol. The molecule has 0 radical (unpaired) electrons. The SMILES string of the molecule is CCn1nc(C)c(Cl)c1CN1CCCC1C1CCCC1O. The fourth-order valence-corrected chi connectivity index (χ4v) is 4.36. The number of aromatic nitrogens is 2. The van der Waals surface area contributed by atoms with Crippen LogP contribution in [0.5, 0.6) is 0 Å². The first-order valence-corrected chi connectivity index (χ1v) is 8.63. The molecule has 2 heterocycles. The van der Waals surface area contributed by atoms with Gasteiger partial charge in [-0.25, -0.2) is 0 Å². The fourth-order valence-electron chi connectivity index (χ4n) is 4.16. The van der Waals surface area contributed by atoms with Gasteiger partial charge in [-0.3, -0.25) is 9.58 Å². The van der Waals surface area contributed by atoms with Gasteiger partial charge in [0, 0.05) is 25.0 Å². The molecule has 1 saturated carbocycles. The molecular weight excluding hydrogens is 286 g/mol. The number of hydrogen-bond acceptors (Lipinski definition) is 3. The van der Waals surface area contributed by atoms with Crippen molar-refractivity contribution in [1.29, 1.82) is 0 Å². The van der Waals surface area contributed by atoms with E-state index < -0.39 is 0 Å². The van der Waals surface area contributed by atoms with E-state index >= 15 is 0 Å². The van der Waals surface area contributed by atoms with E-state index in [1.165, 1.54) is 25.7 Å². The molecule has 1 aromatic heterocycles. The zero-order valence-electron chi connectivity index (χ0n) is 13.1. The van der Waals surface area contributed by atoms with E-state index in [1.54, 1.807) is 0 Å². The molecule has 2 aliphatic rings. The first kappa shape index (κ1) is 15.3. The number of likely N-dealkylation sites (tertiary alicyclic amines) is 1. The number of aryl methyl sites for hydroxylation is 2. The summed E-state index contributed by atoms with van der Waals surface area (Å²) in [5.41, 5.74) is 2.06. The Balaban J connectivity index is 1.77. The van der Waals surface area contributed by atoms with Crippen molar-refractivity contribution in [3.8, 4) is 0 Å². The van der Waals surface area contributed by atoms with E-state index in [-0.39, 0.29) is 6.10 Å². The molecule has 1 N–H and O–H groups in total. The van der Waals surface area contributed by atoms with Crippen LogP contribution in [0.4, 0.5) is 0 Å². The minimum Gasteiger partial charge on any atom is -0.393 e. The van der Waals surface area contributed by atoms with Crippen LogP contribution in [0.25, 0.3) is 0 Å². The molecule has 118 valence electrons. The van der Waals surface area contributed by atoms with Crippen molar-refractivity contribution in [2.24, 2.45) is 5.92 Å². The van der Waals surface area contributed by atoms with E-state index in [9.17, 15) is 5.11 Å². The van der Waals surface area contributed by atoms with Crippen LogP contribution in [0.15, 0.2) is 0 Å². The first-order chi connectivity index (χ1) is 10.1. The van der Waals surface area contributed by atoms with Crippen LogP contribution in [0.3, 0.4) is 0 Å². The summed E-state index contributed by atoms with van der Waals surface area (Å²) in [5, 5.41) is 15.6. The van der Waals surface area contributed by atoms with Gasteiger partial charge in [0.25, 0.3) is 0 Å². The Labute approximate surface area is 132 Å². The number of aliphatic hydroxyl groups excluding tert-OH is 1. The Morgan fingerprint density at radius 3 is 2.76 bits per heavy atom. The van der Waals surface area contributed by atoms with Crippen LogP contribution in [0.2, 0.25) is 5.02 Å².